The lowest BCUT2D eigenvalue weighted by molar-refractivity contribution is -0.116. The van der Waals surface area contributed by atoms with Crippen molar-refractivity contribution in [3.63, 3.8) is 0 Å². The van der Waals surface area contributed by atoms with Crippen LogP contribution in [0.25, 0.3) is 0 Å². The number of benzene rings is 2. The molecule has 0 saturated carbocycles. The number of hydrogen-bond acceptors (Lipinski definition) is 2. The van der Waals surface area contributed by atoms with Crippen molar-refractivity contribution in [2.75, 3.05) is 10.6 Å². The smallest absolute Gasteiger partial charge is 0.257 e. The zero-order valence-corrected chi connectivity index (χ0v) is 13.1. The molecule has 2 N–H and O–H groups in total. The minimum Gasteiger partial charge on any atom is -0.325 e. The Kier molecular flexibility index (Phi) is 3.81. The van der Waals surface area contributed by atoms with E-state index in [1.54, 1.807) is 30.3 Å². The topological polar surface area (TPSA) is 58.2 Å². The summed E-state index contributed by atoms with van der Waals surface area (Å²) in [6.07, 6.45) is 0. The fraction of sp³-hybridized carbons (Fsp3) is 0.125. The Morgan fingerprint density at radius 3 is 2.68 bits per heavy atom. The molecule has 0 aromatic heterocycles. The van der Waals surface area contributed by atoms with Crippen LogP contribution < -0.4 is 10.6 Å². The van der Waals surface area contributed by atoms with Gasteiger partial charge in [0.05, 0.1) is 16.5 Å². The first-order chi connectivity index (χ1) is 10.5. The first-order valence-corrected chi connectivity index (χ1v) is 7.42. The molecule has 112 valence electrons. The molecule has 1 aliphatic heterocycles. The van der Waals surface area contributed by atoms with Gasteiger partial charge in [-0.05, 0) is 48.9 Å². The van der Waals surface area contributed by atoms with Crippen LogP contribution in [0, 0.1) is 0 Å². The van der Waals surface area contributed by atoms with Gasteiger partial charge >= 0.3 is 0 Å². The third-order valence-corrected chi connectivity index (χ3v) is 4.15. The van der Waals surface area contributed by atoms with E-state index in [2.05, 4.69) is 10.6 Å². The van der Waals surface area contributed by atoms with Gasteiger partial charge in [0.25, 0.3) is 5.91 Å². The summed E-state index contributed by atoms with van der Waals surface area (Å²) >= 11 is 11.8. The average Bonchev–Trinajstić information content (AvgIpc) is 2.74. The van der Waals surface area contributed by atoms with Gasteiger partial charge in [-0.25, -0.2) is 0 Å². The van der Waals surface area contributed by atoms with Gasteiger partial charge in [0, 0.05) is 16.4 Å². The van der Waals surface area contributed by atoms with Gasteiger partial charge in [-0.3, -0.25) is 9.59 Å². The van der Waals surface area contributed by atoms with Crippen molar-refractivity contribution < 1.29 is 9.59 Å². The van der Waals surface area contributed by atoms with Gasteiger partial charge in [0.1, 0.15) is 0 Å². The summed E-state index contributed by atoms with van der Waals surface area (Å²) in [5.41, 5.74) is 2.59. The molecule has 4 nitrogen and oxygen atoms in total. The Labute approximate surface area is 137 Å². The average molecular weight is 335 g/mol. The monoisotopic (exact) mass is 334 g/mol. The maximum absolute atomic E-state index is 12.3. The predicted molar refractivity (Wildman–Crippen MR) is 87.9 cm³/mol. The van der Waals surface area contributed by atoms with E-state index in [9.17, 15) is 9.59 Å². The number of hydrogen-bond donors (Lipinski definition) is 2. The van der Waals surface area contributed by atoms with Crippen LogP contribution in [0.2, 0.25) is 10.0 Å². The molecular weight excluding hydrogens is 323 g/mol. The highest BCUT2D eigenvalue weighted by molar-refractivity contribution is 6.37. The van der Waals surface area contributed by atoms with Crippen molar-refractivity contribution in [3.8, 4) is 0 Å². The van der Waals surface area contributed by atoms with Gasteiger partial charge in [0.15, 0.2) is 0 Å². The maximum Gasteiger partial charge on any atom is 0.257 e. The number of halogens is 2. The number of anilines is 2. The Bertz CT molecular complexity index is 790. The van der Waals surface area contributed by atoms with E-state index in [-0.39, 0.29) is 22.8 Å². The molecule has 22 heavy (non-hydrogen) atoms. The molecule has 0 bridgehead atoms. The predicted octanol–water partition coefficient (Wildman–Crippen LogP) is 4.30. The summed E-state index contributed by atoms with van der Waals surface area (Å²) in [6.45, 7) is 1.82. The summed E-state index contributed by atoms with van der Waals surface area (Å²) in [5, 5.41) is 6.32. The third-order valence-electron chi connectivity index (χ3n) is 3.60. The molecule has 0 aliphatic carbocycles. The third kappa shape index (κ3) is 2.67. The molecule has 2 aromatic carbocycles. The van der Waals surface area contributed by atoms with Gasteiger partial charge < -0.3 is 10.6 Å². The highest BCUT2D eigenvalue weighted by Crippen LogP contribution is 2.34. The van der Waals surface area contributed by atoms with Crippen molar-refractivity contribution >= 4 is 46.4 Å². The van der Waals surface area contributed by atoms with Crippen LogP contribution in [0.4, 0.5) is 11.4 Å². The van der Waals surface area contributed by atoms with Gasteiger partial charge in [-0.2, -0.15) is 0 Å². The Morgan fingerprint density at radius 1 is 1.18 bits per heavy atom. The van der Waals surface area contributed by atoms with Crippen molar-refractivity contribution in [1.29, 1.82) is 0 Å². The zero-order valence-electron chi connectivity index (χ0n) is 11.6. The molecule has 3 rings (SSSR count). The summed E-state index contributed by atoms with van der Waals surface area (Å²) in [6, 6.07) is 10.00. The van der Waals surface area contributed by atoms with Crippen molar-refractivity contribution in [3.05, 3.63) is 57.6 Å². The van der Waals surface area contributed by atoms with Gasteiger partial charge in [-0.1, -0.05) is 23.2 Å². The second kappa shape index (κ2) is 5.63. The molecule has 1 aliphatic rings. The van der Waals surface area contributed by atoms with Crippen LogP contribution in [0.3, 0.4) is 0 Å². The second-order valence-electron chi connectivity index (χ2n) is 5.09. The van der Waals surface area contributed by atoms with E-state index < -0.39 is 0 Å². The summed E-state index contributed by atoms with van der Waals surface area (Å²) < 4.78 is 0. The minimum atomic E-state index is -0.327. The van der Waals surface area contributed by atoms with E-state index in [1.807, 2.05) is 6.92 Å². The summed E-state index contributed by atoms with van der Waals surface area (Å²) in [4.78, 5) is 23.9. The molecule has 1 heterocycles. The van der Waals surface area contributed by atoms with E-state index in [0.29, 0.717) is 16.3 Å². The van der Waals surface area contributed by atoms with E-state index in [0.717, 1.165) is 11.3 Å². The fourth-order valence-electron chi connectivity index (χ4n) is 2.37. The molecule has 1 atom stereocenters. The zero-order chi connectivity index (χ0) is 15.9. The van der Waals surface area contributed by atoms with Crippen LogP contribution in [0.1, 0.15) is 28.8 Å². The molecule has 1 unspecified atom stereocenters. The van der Waals surface area contributed by atoms with Crippen LogP contribution >= 0.6 is 23.2 Å². The lowest BCUT2D eigenvalue weighted by atomic mass is 10.0. The highest BCUT2D eigenvalue weighted by atomic mass is 35.5. The SMILES string of the molecule is CC1C(=O)Nc2ccc(NC(=O)c3ccc(Cl)cc3Cl)cc21. The number of carbonyl (C=O) groups is 2. The van der Waals surface area contributed by atoms with E-state index in [4.69, 9.17) is 23.2 Å². The molecule has 0 radical (unpaired) electrons. The number of rotatable bonds is 2. The Balaban J connectivity index is 1.85. The van der Waals surface area contributed by atoms with E-state index in [1.165, 1.54) is 6.07 Å². The van der Waals surface area contributed by atoms with Crippen LogP contribution in [-0.4, -0.2) is 11.8 Å². The highest BCUT2D eigenvalue weighted by Gasteiger charge is 2.26. The standard InChI is InChI=1S/C16H12Cl2N2O2/c1-8-12-7-10(3-5-14(12)20-15(8)21)19-16(22)11-4-2-9(17)6-13(11)18/h2-8H,1H3,(H,19,22)(H,20,21). The number of carbonyl (C=O) groups excluding carboxylic acids is 2. The maximum atomic E-state index is 12.3. The summed E-state index contributed by atoms with van der Waals surface area (Å²) in [7, 11) is 0. The van der Waals surface area contributed by atoms with Crippen LogP contribution in [0.15, 0.2) is 36.4 Å². The van der Waals surface area contributed by atoms with Crippen molar-refractivity contribution in [1.82, 2.24) is 0 Å². The molecule has 0 saturated heterocycles. The molecule has 0 spiro atoms. The van der Waals surface area contributed by atoms with Crippen LogP contribution in [0.5, 0.6) is 0 Å². The Morgan fingerprint density at radius 2 is 1.95 bits per heavy atom. The first-order valence-electron chi connectivity index (χ1n) is 6.67. The van der Waals surface area contributed by atoms with E-state index >= 15 is 0 Å². The molecule has 0 fully saturated rings. The lowest BCUT2D eigenvalue weighted by Gasteiger charge is -2.09. The normalized spacial score (nSPS) is 16.1. The molecular formula is C16H12Cl2N2O2. The molecule has 6 heteroatoms. The second-order valence-corrected chi connectivity index (χ2v) is 5.93. The van der Waals surface area contributed by atoms with Gasteiger partial charge in [0.2, 0.25) is 5.91 Å². The molecule has 2 amide bonds. The number of nitrogens with one attached hydrogen (secondary N) is 2. The fourth-order valence-corrected chi connectivity index (χ4v) is 2.86. The number of fused-ring (bicyclic) bond motifs is 1. The minimum absolute atomic E-state index is 0.0424. The van der Waals surface area contributed by atoms with Crippen LogP contribution in [-0.2, 0) is 4.79 Å². The van der Waals surface area contributed by atoms with Crippen molar-refractivity contribution in [2.45, 2.75) is 12.8 Å². The summed E-state index contributed by atoms with van der Waals surface area (Å²) in [5.74, 6) is -0.600. The van der Waals surface area contributed by atoms with Gasteiger partial charge in [-0.15, -0.1) is 0 Å². The quantitative estimate of drug-likeness (QED) is 0.860. The number of amides is 2. The Hall–Kier alpha value is -2.04. The first kappa shape index (κ1) is 14.9. The lowest BCUT2D eigenvalue weighted by Crippen LogP contribution is -2.12. The molecule has 2 aromatic rings. The largest absolute Gasteiger partial charge is 0.325 e. The van der Waals surface area contributed by atoms with Crippen molar-refractivity contribution in [2.24, 2.45) is 0 Å².